The Labute approximate surface area is 122 Å². The van der Waals surface area contributed by atoms with Gasteiger partial charge in [-0.25, -0.2) is 13.6 Å². The van der Waals surface area contributed by atoms with E-state index in [1.807, 2.05) is 4.90 Å². The van der Waals surface area contributed by atoms with Crippen LogP contribution in [0.25, 0.3) is 0 Å². The molecule has 0 spiro atoms. The number of rotatable bonds is 2. The quantitative estimate of drug-likeness (QED) is 0.910. The van der Waals surface area contributed by atoms with E-state index in [4.69, 9.17) is 5.11 Å². The molecule has 0 saturated carbocycles. The van der Waals surface area contributed by atoms with Crippen molar-refractivity contribution in [2.45, 2.75) is 25.3 Å². The van der Waals surface area contributed by atoms with E-state index in [0.717, 1.165) is 25.6 Å². The van der Waals surface area contributed by atoms with Gasteiger partial charge in [-0.3, -0.25) is 4.90 Å². The first-order valence-corrected chi connectivity index (χ1v) is 7.28. The normalized spacial score (nSPS) is 23.0. The van der Waals surface area contributed by atoms with Crippen molar-refractivity contribution in [1.29, 1.82) is 0 Å². The zero-order valence-corrected chi connectivity index (χ0v) is 11.7. The lowest BCUT2D eigenvalue weighted by Gasteiger charge is -2.45. The average molecular weight is 296 g/mol. The first kappa shape index (κ1) is 14.3. The van der Waals surface area contributed by atoms with Gasteiger partial charge in [0.1, 0.15) is 0 Å². The van der Waals surface area contributed by atoms with Crippen LogP contribution in [-0.4, -0.2) is 48.2 Å². The van der Waals surface area contributed by atoms with Gasteiger partial charge in [0.15, 0.2) is 11.6 Å². The summed E-state index contributed by atoms with van der Waals surface area (Å²) in [5.41, 5.74) is -0.449. The number of benzene rings is 1. The summed E-state index contributed by atoms with van der Waals surface area (Å²) in [6.07, 6.45) is 3.45. The van der Waals surface area contributed by atoms with E-state index in [1.165, 1.54) is 18.9 Å². The fraction of sp³-hybridized carbons (Fsp3) is 0.533. The van der Waals surface area contributed by atoms with Crippen LogP contribution in [0.4, 0.5) is 14.5 Å². The highest BCUT2D eigenvalue weighted by Gasteiger charge is 2.31. The molecule has 6 heteroatoms. The van der Waals surface area contributed by atoms with Crippen LogP contribution in [0.1, 0.15) is 29.6 Å². The summed E-state index contributed by atoms with van der Waals surface area (Å²) in [5, 5.41) is 8.82. The Morgan fingerprint density at radius 1 is 1.14 bits per heavy atom. The Morgan fingerprint density at radius 3 is 2.71 bits per heavy atom. The van der Waals surface area contributed by atoms with Crippen molar-refractivity contribution in [1.82, 2.24) is 4.90 Å². The molecule has 0 bridgehead atoms. The number of carboxylic acids is 1. The molecule has 0 aliphatic carbocycles. The number of hydrogen-bond acceptors (Lipinski definition) is 3. The van der Waals surface area contributed by atoms with Crippen LogP contribution in [0, 0.1) is 11.6 Å². The Morgan fingerprint density at radius 2 is 1.95 bits per heavy atom. The van der Waals surface area contributed by atoms with Gasteiger partial charge in [-0.1, -0.05) is 6.42 Å². The highest BCUT2D eigenvalue weighted by Crippen LogP contribution is 2.29. The summed E-state index contributed by atoms with van der Waals surface area (Å²) in [5.74, 6) is -3.78. The van der Waals surface area contributed by atoms with Crippen LogP contribution in [0.3, 0.4) is 0 Å². The molecule has 1 aromatic carbocycles. The van der Waals surface area contributed by atoms with Crippen LogP contribution >= 0.6 is 0 Å². The number of anilines is 1. The van der Waals surface area contributed by atoms with Gasteiger partial charge in [-0.15, -0.1) is 0 Å². The second-order valence-electron chi connectivity index (χ2n) is 5.70. The topological polar surface area (TPSA) is 43.8 Å². The minimum atomic E-state index is -1.45. The predicted molar refractivity (Wildman–Crippen MR) is 74.7 cm³/mol. The first-order valence-electron chi connectivity index (χ1n) is 7.28. The molecule has 1 unspecified atom stereocenters. The minimum Gasteiger partial charge on any atom is -0.478 e. The molecule has 0 amide bonds. The molecule has 4 nitrogen and oxygen atoms in total. The maximum absolute atomic E-state index is 14.1. The van der Waals surface area contributed by atoms with Crippen LogP contribution in [-0.2, 0) is 0 Å². The molecule has 2 fully saturated rings. The molecule has 2 aliphatic heterocycles. The third-order valence-corrected chi connectivity index (χ3v) is 4.47. The Balaban J connectivity index is 1.84. The molecule has 114 valence electrons. The number of hydrogen-bond donors (Lipinski definition) is 1. The number of piperazine rings is 1. The third kappa shape index (κ3) is 2.60. The molecule has 1 atom stereocenters. The number of carbonyl (C=O) groups is 1. The standard InChI is InChI=1S/C15H18F2N2O2/c16-13-11(15(20)21)4-5-12(14(13)17)19-8-7-18-6-2-1-3-10(18)9-19/h4-5,10H,1-3,6-9H2,(H,20,21). The van der Waals surface area contributed by atoms with Gasteiger partial charge >= 0.3 is 5.97 Å². The van der Waals surface area contributed by atoms with Crippen LogP contribution in [0.5, 0.6) is 0 Å². The van der Waals surface area contributed by atoms with Gasteiger partial charge in [0.05, 0.1) is 11.3 Å². The number of fused-ring (bicyclic) bond motifs is 1. The Bertz CT molecular complexity index is 565. The van der Waals surface area contributed by atoms with Crippen molar-refractivity contribution in [3.05, 3.63) is 29.3 Å². The zero-order chi connectivity index (χ0) is 15.0. The van der Waals surface area contributed by atoms with E-state index in [1.54, 1.807) is 0 Å². The SMILES string of the molecule is O=C(O)c1ccc(N2CCN3CCCCC3C2)c(F)c1F. The molecule has 0 aromatic heterocycles. The molecule has 21 heavy (non-hydrogen) atoms. The number of halogens is 2. The number of carboxylic acid groups (broad SMARTS) is 1. The van der Waals surface area contributed by atoms with E-state index in [2.05, 4.69) is 4.90 Å². The Hall–Kier alpha value is -1.69. The lowest BCUT2D eigenvalue weighted by atomic mass is 9.99. The van der Waals surface area contributed by atoms with Gasteiger partial charge in [0, 0.05) is 25.7 Å². The number of aromatic carboxylic acids is 1. The zero-order valence-electron chi connectivity index (χ0n) is 11.7. The molecule has 0 radical (unpaired) electrons. The summed E-state index contributed by atoms with van der Waals surface area (Å²) >= 11 is 0. The fourth-order valence-corrected chi connectivity index (χ4v) is 3.32. The van der Waals surface area contributed by atoms with Crippen molar-refractivity contribution < 1.29 is 18.7 Å². The van der Waals surface area contributed by atoms with Gasteiger partial charge in [-0.05, 0) is 31.5 Å². The average Bonchev–Trinajstić information content (AvgIpc) is 2.49. The molecular formula is C15H18F2N2O2. The van der Waals surface area contributed by atoms with Gasteiger partial charge < -0.3 is 10.0 Å². The molecule has 3 rings (SSSR count). The van der Waals surface area contributed by atoms with Crippen molar-refractivity contribution in [3.8, 4) is 0 Å². The molecule has 2 saturated heterocycles. The van der Waals surface area contributed by atoms with Gasteiger partial charge in [-0.2, -0.15) is 0 Å². The molecule has 2 aliphatic rings. The number of nitrogens with zero attached hydrogens (tertiary/aromatic N) is 2. The monoisotopic (exact) mass is 296 g/mol. The maximum Gasteiger partial charge on any atom is 0.338 e. The largest absolute Gasteiger partial charge is 0.478 e. The fourth-order valence-electron chi connectivity index (χ4n) is 3.32. The minimum absolute atomic E-state index is 0.169. The molecule has 1 aromatic rings. The molecule has 2 heterocycles. The summed E-state index contributed by atoms with van der Waals surface area (Å²) in [7, 11) is 0. The Kier molecular flexibility index (Phi) is 3.80. The lowest BCUT2D eigenvalue weighted by molar-refractivity contribution is 0.0690. The van der Waals surface area contributed by atoms with E-state index in [0.29, 0.717) is 19.1 Å². The lowest BCUT2D eigenvalue weighted by Crippen LogP contribution is -2.55. The van der Waals surface area contributed by atoms with Crippen molar-refractivity contribution in [3.63, 3.8) is 0 Å². The maximum atomic E-state index is 14.1. The highest BCUT2D eigenvalue weighted by molar-refractivity contribution is 5.88. The van der Waals surface area contributed by atoms with Crippen LogP contribution in [0.15, 0.2) is 12.1 Å². The van der Waals surface area contributed by atoms with E-state index >= 15 is 0 Å². The molecule has 1 N–H and O–H groups in total. The van der Waals surface area contributed by atoms with E-state index < -0.39 is 23.2 Å². The summed E-state index contributed by atoms with van der Waals surface area (Å²) in [6, 6.07) is 2.90. The second-order valence-corrected chi connectivity index (χ2v) is 5.70. The molecular weight excluding hydrogens is 278 g/mol. The van der Waals surface area contributed by atoms with Crippen LogP contribution < -0.4 is 4.90 Å². The summed E-state index contributed by atoms with van der Waals surface area (Å²) in [4.78, 5) is 15.1. The van der Waals surface area contributed by atoms with Crippen molar-refractivity contribution in [2.75, 3.05) is 31.1 Å². The predicted octanol–water partition coefficient (Wildman–Crippen LogP) is 2.34. The highest BCUT2D eigenvalue weighted by atomic mass is 19.2. The summed E-state index contributed by atoms with van der Waals surface area (Å²) in [6.45, 7) is 3.22. The van der Waals surface area contributed by atoms with Crippen LogP contribution in [0.2, 0.25) is 0 Å². The van der Waals surface area contributed by atoms with Crippen molar-refractivity contribution >= 4 is 11.7 Å². The van der Waals surface area contributed by atoms with Gasteiger partial charge in [0.2, 0.25) is 0 Å². The number of piperidine rings is 1. The van der Waals surface area contributed by atoms with E-state index in [9.17, 15) is 13.6 Å². The third-order valence-electron chi connectivity index (χ3n) is 4.47. The van der Waals surface area contributed by atoms with Gasteiger partial charge in [0.25, 0.3) is 0 Å². The van der Waals surface area contributed by atoms with Crippen molar-refractivity contribution in [2.24, 2.45) is 0 Å². The second kappa shape index (κ2) is 5.60. The first-order chi connectivity index (χ1) is 10.1. The smallest absolute Gasteiger partial charge is 0.338 e. The summed E-state index contributed by atoms with van der Waals surface area (Å²) < 4.78 is 27.9. The van der Waals surface area contributed by atoms with E-state index in [-0.39, 0.29) is 5.69 Å².